The number of carbonyl (C=O) groups is 1. The second-order valence-corrected chi connectivity index (χ2v) is 4.69. The number of benzene rings is 1. The largest absolute Gasteiger partial charge is 0.507 e. The molecule has 0 spiro atoms. The Kier molecular flexibility index (Phi) is 4.79. The summed E-state index contributed by atoms with van der Waals surface area (Å²) < 4.78 is 5.32. The molecular formula is C16H17NO4. The molecule has 2 aromatic rings. The highest BCUT2D eigenvalue weighted by Crippen LogP contribution is 2.20. The first-order valence-corrected chi connectivity index (χ1v) is 6.51. The quantitative estimate of drug-likeness (QED) is 0.766. The smallest absolute Gasteiger partial charge is 0.339 e. The van der Waals surface area contributed by atoms with Crippen LogP contribution in [0.1, 0.15) is 21.7 Å². The molecule has 0 unspecified atom stereocenters. The van der Waals surface area contributed by atoms with E-state index in [4.69, 9.17) is 9.52 Å². The summed E-state index contributed by atoms with van der Waals surface area (Å²) in [6.45, 7) is 5.50. The van der Waals surface area contributed by atoms with E-state index in [1.54, 1.807) is 18.4 Å². The molecular weight excluding hydrogens is 270 g/mol. The summed E-state index contributed by atoms with van der Waals surface area (Å²) in [4.78, 5) is 13.1. The number of rotatable bonds is 7. The summed E-state index contributed by atoms with van der Waals surface area (Å²) in [5.41, 5.74) is 0.711. The Balaban J connectivity index is 2.14. The molecule has 5 heteroatoms. The van der Waals surface area contributed by atoms with Gasteiger partial charge in [-0.3, -0.25) is 4.90 Å². The Labute approximate surface area is 122 Å². The SMILES string of the molecule is C=CCN(Cc1ccc(O)c(C(=O)O)c1)Cc1ccco1. The van der Waals surface area contributed by atoms with E-state index in [0.717, 1.165) is 11.3 Å². The van der Waals surface area contributed by atoms with E-state index < -0.39 is 5.97 Å². The molecule has 2 rings (SSSR count). The van der Waals surface area contributed by atoms with Crippen molar-refractivity contribution in [1.82, 2.24) is 4.90 Å². The summed E-state index contributed by atoms with van der Waals surface area (Å²) in [5, 5.41) is 18.6. The molecule has 0 aliphatic rings. The van der Waals surface area contributed by atoms with Crippen molar-refractivity contribution < 1.29 is 19.4 Å². The molecule has 0 aliphatic heterocycles. The molecule has 5 nitrogen and oxygen atoms in total. The molecule has 0 atom stereocenters. The highest BCUT2D eigenvalue weighted by Gasteiger charge is 2.12. The van der Waals surface area contributed by atoms with Gasteiger partial charge in [-0.15, -0.1) is 6.58 Å². The van der Waals surface area contributed by atoms with Crippen LogP contribution in [0.4, 0.5) is 0 Å². The zero-order valence-corrected chi connectivity index (χ0v) is 11.5. The van der Waals surface area contributed by atoms with E-state index in [2.05, 4.69) is 11.5 Å². The summed E-state index contributed by atoms with van der Waals surface area (Å²) >= 11 is 0. The predicted octanol–water partition coefficient (Wildman–Crippen LogP) is 2.87. The lowest BCUT2D eigenvalue weighted by molar-refractivity contribution is 0.0693. The molecule has 0 aliphatic carbocycles. The Morgan fingerprint density at radius 3 is 2.76 bits per heavy atom. The minimum Gasteiger partial charge on any atom is -0.507 e. The van der Waals surface area contributed by atoms with E-state index in [1.165, 1.54) is 12.1 Å². The fraction of sp³-hybridized carbons (Fsp3) is 0.188. The summed E-state index contributed by atoms with van der Waals surface area (Å²) in [5.74, 6) is -0.544. The van der Waals surface area contributed by atoms with E-state index in [0.29, 0.717) is 19.6 Å². The lowest BCUT2D eigenvalue weighted by Gasteiger charge is -2.19. The van der Waals surface area contributed by atoms with Crippen LogP contribution in [0.5, 0.6) is 5.75 Å². The molecule has 1 aromatic carbocycles. The van der Waals surface area contributed by atoms with E-state index in [1.807, 2.05) is 12.1 Å². The topological polar surface area (TPSA) is 73.9 Å². The number of aromatic hydroxyl groups is 1. The van der Waals surface area contributed by atoms with Gasteiger partial charge in [-0.2, -0.15) is 0 Å². The average molecular weight is 287 g/mol. The Morgan fingerprint density at radius 1 is 1.33 bits per heavy atom. The van der Waals surface area contributed by atoms with Gasteiger partial charge in [0.2, 0.25) is 0 Å². The fourth-order valence-electron chi connectivity index (χ4n) is 2.10. The van der Waals surface area contributed by atoms with Gasteiger partial charge in [0.15, 0.2) is 0 Å². The summed E-state index contributed by atoms with van der Waals surface area (Å²) in [6, 6.07) is 8.30. The van der Waals surface area contributed by atoms with Crippen LogP contribution in [0.25, 0.3) is 0 Å². The van der Waals surface area contributed by atoms with E-state index in [-0.39, 0.29) is 11.3 Å². The van der Waals surface area contributed by atoms with Crippen molar-refractivity contribution >= 4 is 5.97 Å². The van der Waals surface area contributed by atoms with Crippen molar-refractivity contribution in [3.63, 3.8) is 0 Å². The Hall–Kier alpha value is -2.53. The molecule has 1 aromatic heterocycles. The van der Waals surface area contributed by atoms with Crippen molar-refractivity contribution in [2.24, 2.45) is 0 Å². The zero-order chi connectivity index (χ0) is 15.2. The van der Waals surface area contributed by atoms with Crippen molar-refractivity contribution in [3.05, 3.63) is 66.1 Å². The predicted molar refractivity (Wildman–Crippen MR) is 78.1 cm³/mol. The van der Waals surface area contributed by atoms with Gasteiger partial charge in [0.05, 0.1) is 12.8 Å². The first-order valence-electron chi connectivity index (χ1n) is 6.51. The molecule has 0 saturated heterocycles. The van der Waals surface area contributed by atoms with Crippen LogP contribution in [0.3, 0.4) is 0 Å². The maximum Gasteiger partial charge on any atom is 0.339 e. The van der Waals surface area contributed by atoms with Crippen LogP contribution in [-0.2, 0) is 13.1 Å². The molecule has 0 bridgehead atoms. The van der Waals surface area contributed by atoms with Gasteiger partial charge in [0, 0.05) is 13.1 Å². The first-order chi connectivity index (χ1) is 10.1. The summed E-state index contributed by atoms with van der Waals surface area (Å²) in [7, 11) is 0. The minimum atomic E-state index is -1.14. The van der Waals surface area contributed by atoms with Crippen molar-refractivity contribution in [2.75, 3.05) is 6.54 Å². The van der Waals surface area contributed by atoms with Crippen molar-refractivity contribution in [1.29, 1.82) is 0 Å². The van der Waals surface area contributed by atoms with Crippen LogP contribution < -0.4 is 0 Å². The number of aromatic carboxylic acids is 1. The number of nitrogens with zero attached hydrogens (tertiary/aromatic N) is 1. The monoisotopic (exact) mass is 287 g/mol. The maximum atomic E-state index is 11.0. The molecule has 21 heavy (non-hydrogen) atoms. The lowest BCUT2D eigenvalue weighted by Crippen LogP contribution is -2.22. The van der Waals surface area contributed by atoms with Crippen LogP contribution in [0.2, 0.25) is 0 Å². The highest BCUT2D eigenvalue weighted by molar-refractivity contribution is 5.90. The third kappa shape index (κ3) is 3.97. The minimum absolute atomic E-state index is 0.0935. The van der Waals surface area contributed by atoms with Gasteiger partial charge < -0.3 is 14.6 Å². The lowest BCUT2D eigenvalue weighted by atomic mass is 10.1. The van der Waals surface area contributed by atoms with Gasteiger partial charge in [0.25, 0.3) is 0 Å². The van der Waals surface area contributed by atoms with Crippen LogP contribution in [0.15, 0.2) is 53.7 Å². The molecule has 0 saturated carbocycles. The normalized spacial score (nSPS) is 10.7. The van der Waals surface area contributed by atoms with Crippen LogP contribution >= 0.6 is 0 Å². The Bertz CT molecular complexity index is 619. The van der Waals surface area contributed by atoms with Crippen LogP contribution in [0, 0.1) is 0 Å². The van der Waals surface area contributed by atoms with Gasteiger partial charge >= 0.3 is 5.97 Å². The van der Waals surface area contributed by atoms with Gasteiger partial charge in [-0.25, -0.2) is 4.79 Å². The zero-order valence-electron chi connectivity index (χ0n) is 11.5. The third-order valence-corrected chi connectivity index (χ3v) is 3.04. The van der Waals surface area contributed by atoms with Gasteiger partial charge in [-0.1, -0.05) is 12.1 Å². The van der Waals surface area contributed by atoms with Gasteiger partial charge in [0.1, 0.15) is 17.1 Å². The van der Waals surface area contributed by atoms with Crippen LogP contribution in [-0.4, -0.2) is 27.6 Å². The average Bonchev–Trinajstić information content (AvgIpc) is 2.94. The van der Waals surface area contributed by atoms with E-state index >= 15 is 0 Å². The summed E-state index contributed by atoms with van der Waals surface area (Å²) in [6.07, 6.45) is 3.39. The molecule has 110 valence electrons. The molecule has 0 amide bonds. The maximum absolute atomic E-state index is 11.0. The number of carboxylic acids is 1. The van der Waals surface area contributed by atoms with Crippen molar-refractivity contribution in [2.45, 2.75) is 13.1 Å². The Morgan fingerprint density at radius 2 is 2.14 bits per heavy atom. The van der Waals surface area contributed by atoms with Gasteiger partial charge in [-0.05, 0) is 29.8 Å². The fourth-order valence-corrected chi connectivity index (χ4v) is 2.10. The second kappa shape index (κ2) is 6.76. The standard InChI is InChI=1S/C16H17NO4/c1-2-7-17(11-13-4-3-8-21-13)10-12-5-6-15(18)14(9-12)16(19)20/h2-6,8-9,18H,1,7,10-11H2,(H,19,20). The third-order valence-electron chi connectivity index (χ3n) is 3.04. The molecule has 2 N–H and O–H groups in total. The number of hydrogen-bond acceptors (Lipinski definition) is 4. The van der Waals surface area contributed by atoms with E-state index in [9.17, 15) is 9.90 Å². The number of phenols is 1. The second-order valence-electron chi connectivity index (χ2n) is 4.69. The molecule has 0 radical (unpaired) electrons. The van der Waals surface area contributed by atoms with Crippen molar-refractivity contribution in [3.8, 4) is 5.75 Å². The first kappa shape index (κ1) is 14.9. The molecule has 1 heterocycles. The highest BCUT2D eigenvalue weighted by atomic mass is 16.4. The number of hydrogen-bond donors (Lipinski definition) is 2. The number of furan rings is 1. The molecule has 0 fully saturated rings. The number of carboxylic acid groups (broad SMARTS) is 1.